The van der Waals surface area contributed by atoms with Gasteiger partial charge in [0, 0.05) is 6.04 Å². The Morgan fingerprint density at radius 1 is 1.39 bits per heavy atom. The third-order valence-corrected chi connectivity index (χ3v) is 5.45. The number of sulfone groups is 1. The summed E-state index contributed by atoms with van der Waals surface area (Å²) in [4.78, 5) is 23.1. The Morgan fingerprint density at radius 2 is 2.09 bits per heavy atom. The lowest BCUT2D eigenvalue weighted by atomic mass is 10.1. The van der Waals surface area contributed by atoms with Crippen molar-refractivity contribution in [3.05, 3.63) is 29.3 Å². The van der Waals surface area contributed by atoms with E-state index in [0.29, 0.717) is 17.7 Å². The second-order valence-corrected chi connectivity index (χ2v) is 7.88. The lowest BCUT2D eigenvalue weighted by Crippen LogP contribution is -2.43. The fourth-order valence-electron chi connectivity index (χ4n) is 2.33. The van der Waals surface area contributed by atoms with Crippen molar-refractivity contribution in [1.82, 2.24) is 5.32 Å². The fraction of sp³-hybridized carbons (Fsp3) is 0.467. The number of nitrogens with one attached hydrogen (secondary N) is 1. The Hall–Kier alpha value is -2.09. The molecule has 2 unspecified atom stereocenters. The summed E-state index contributed by atoms with van der Waals surface area (Å²) in [7, 11) is -3.07. The number of benzene rings is 1. The molecule has 2 rings (SSSR count). The van der Waals surface area contributed by atoms with Crippen LogP contribution in [0.1, 0.15) is 29.3 Å². The highest BCUT2D eigenvalue weighted by Crippen LogP contribution is 2.21. The van der Waals surface area contributed by atoms with Gasteiger partial charge >= 0.3 is 5.97 Å². The van der Waals surface area contributed by atoms with Gasteiger partial charge in [-0.2, -0.15) is 0 Å². The van der Waals surface area contributed by atoms with E-state index in [1.165, 1.54) is 19.1 Å². The first-order valence-electron chi connectivity index (χ1n) is 7.19. The Bertz CT molecular complexity index is 727. The van der Waals surface area contributed by atoms with Crippen molar-refractivity contribution >= 4 is 21.7 Å². The second kappa shape index (κ2) is 6.57. The first-order chi connectivity index (χ1) is 10.7. The number of aryl methyl sites for hydroxylation is 1. The van der Waals surface area contributed by atoms with Crippen LogP contribution in [0.2, 0.25) is 0 Å². The molecule has 0 radical (unpaired) electrons. The van der Waals surface area contributed by atoms with Crippen molar-refractivity contribution in [2.24, 2.45) is 0 Å². The largest absolute Gasteiger partial charge is 0.481 e. The molecule has 1 amide bonds. The Balaban J connectivity index is 2.01. The predicted octanol–water partition coefficient (Wildman–Crippen LogP) is 0.764. The molecule has 0 bridgehead atoms. The van der Waals surface area contributed by atoms with E-state index in [0.717, 1.165) is 0 Å². The quantitative estimate of drug-likeness (QED) is 0.818. The van der Waals surface area contributed by atoms with Crippen molar-refractivity contribution in [2.45, 2.75) is 32.4 Å². The summed E-state index contributed by atoms with van der Waals surface area (Å²) in [6.45, 7) is 3.28. The minimum absolute atomic E-state index is 0.0566. The second-order valence-electron chi connectivity index (χ2n) is 5.65. The molecule has 23 heavy (non-hydrogen) atoms. The molecule has 1 aromatic carbocycles. The maximum absolute atomic E-state index is 12.1. The Labute approximate surface area is 134 Å². The predicted molar refractivity (Wildman–Crippen MR) is 83.4 cm³/mol. The van der Waals surface area contributed by atoms with E-state index in [1.807, 2.05) is 0 Å². The average Bonchev–Trinajstić information content (AvgIpc) is 2.79. The molecule has 0 spiro atoms. The molecule has 126 valence electrons. The van der Waals surface area contributed by atoms with Gasteiger partial charge in [-0.25, -0.2) is 13.2 Å². The monoisotopic (exact) mass is 341 g/mol. The van der Waals surface area contributed by atoms with Gasteiger partial charge in [-0.1, -0.05) is 6.07 Å². The van der Waals surface area contributed by atoms with E-state index in [9.17, 15) is 18.0 Å². The van der Waals surface area contributed by atoms with Crippen molar-refractivity contribution in [3.63, 3.8) is 0 Å². The normalized spacial score (nSPS) is 20.7. The molecule has 7 nitrogen and oxygen atoms in total. The first-order valence-corrected chi connectivity index (χ1v) is 9.01. The number of aromatic carboxylic acids is 1. The zero-order chi connectivity index (χ0) is 17.2. The Kier molecular flexibility index (Phi) is 4.93. The fourth-order valence-corrected chi connectivity index (χ4v) is 4.00. The number of carbonyl (C=O) groups excluding carboxylic acids is 1. The number of amides is 1. The molecule has 2 atom stereocenters. The number of ether oxygens (including phenoxy) is 1. The summed E-state index contributed by atoms with van der Waals surface area (Å²) >= 11 is 0. The van der Waals surface area contributed by atoms with Gasteiger partial charge in [-0.05, 0) is 38.0 Å². The minimum Gasteiger partial charge on any atom is -0.481 e. The van der Waals surface area contributed by atoms with Crippen LogP contribution < -0.4 is 10.1 Å². The molecule has 1 aliphatic heterocycles. The van der Waals surface area contributed by atoms with Gasteiger partial charge in [0.15, 0.2) is 15.9 Å². The molecular formula is C15H19NO6S. The van der Waals surface area contributed by atoms with Gasteiger partial charge in [0.1, 0.15) is 5.75 Å². The smallest absolute Gasteiger partial charge is 0.335 e. The lowest BCUT2D eigenvalue weighted by molar-refractivity contribution is -0.127. The van der Waals surface area contributed by atoms with Crippen molar-refractivity contribution in [2.75, 3.05) is 11.5 Å². The summed E-state index contributed by atoms with van der Waals surface area (Å²) in [6, 6.07) is 4.03. The summed E-state index contributed by atoms with van der Waals surface area (Å²) in [5.74, 6) is -1.17. The molecule has 1 saturated heterocycles. The van der Waals surface area contributed by atoms with Gasteiger partial charge in [0.05, 0.1) is 17.1 Å². The molecule has 8 heteroatoms. The van der Waals surface area contributed by atoms with Crippen LogP contribution >= 0.6 is 0 Å². The van der Waals surface area contributed by atoms with Gasteiger partial charge in [-0.15, -0.1) is 0 Å². The average molecular weight is 341 g/mol. The molecule has 1 fully saturated rings. The van der Waals surface area contributed by atoms with E-state index in [4.69, 9.17) is 9.84 Å². The summed E-state index contributed by atoms with van der Waals surface area (Å²) in [6.07, 6.45) is -0.463. The highest BCUT2D eigenvalue weighted by molar-refractivity contribution is 7.91. The topological polar surface area (TPSA) is 110 Å². The van der Waals surface area contributed by atoms with Crippen LogP contribution in [0, 0.1) is 6.92 Å². The van der Waals surface area contributed by atoms with Gasteiger partial charge in [-0.3, -0.25) is 4.79 Å². The van der Waals surface area contributed by atoms with Gasteiger partial charge in [0.2, 0.25) is 0 Å². The van der Waals surface area contributed by atoms with Crippen LogP contribution in [0.3, 0.4) is 0 Å². The van der Waals surface area contributed by atoms with Crippen molar-refractivity contribution in [3.8, 4) is 5.75 Å². The molecule has 2 N–H and O–H groups in total. The molecule has 1 aliphatic rings. The first kappa shape index (κ1) is 17.3. The maximum atomic E-state index is 12.1. The third-order valence-electron chi connectivity index (χ3n) is 3.69. The van der Waals surface area contributed by atoms with E-state index in [1.54, 1.807) is 13.0 Å². The van der Waals surface area contributed by atoms with Crippen LogP contribution in [0.5, 0.6) is 5.75 Å². The molecule has 1 heterocycles. The number of carboxylic acids is 1. The van der Waals surface area contributed by atoms with E-state index in [2.05, 4.69) is 5.32 Å². The summed E-state index contributed by atoms with van der Waals surface area (Å²) < 4.78 is 28.3. The van der Waals surface area contributed by atoms with Crippen LogP contribution in [0.15, 0.2) is 18.2 Å². The van der Waals surface area contributed by atoms with Crippen LogP contribution in [0.25, 0.3) is 0 Å². The molecule has 1 aromatic rings. The SMILES string of the molecule is Cc1ccc(C(=O)O)cc1OC(C)C(=O)NC1CCS(=O)(=O)C1. The number of rotatable bonds is 5. The van der Waals surface area contributed by atoms with Crippen LogP contribution in [0.4, 0.5) is 0 Å². The van der Waals surface area contributed by atoms with Gasteiger partial charge in [0.25, 0.3) is 5.91 Å². The highest BCUT2D eigenvalue weighted by Gasteiger charge is 2.30. The van der Waals surface area contributed by atoms with E-state index in [-0.39, 0.29) is 17.1 Å². The minimum atomic E-state index is -3.07. The molecule has 0 saturated carbocycles. The van der Waals surface area contributed by atoms with E-state index >= 15 is 0 Å². The summed E-state index contributed by atoms with van der Waals surface area (Å²) in [5, 5.41) is 11.6. The van der Waals surface area contributed by atoms with Crippen LogP contribution in [-0.4, -0.2) is 49.1 Å². The zero-order valence-electron chi connectivity index (χ0n) is 12.9. The van der Waals surface area contributed by atoms with E-state index < -0.39 is 33.9 Å². The number of carboxylic acid groups (broad SMARTS) is 1. The zero-order valence-corrected chi connectivity index (χ0v) is 13.7. The number of hydrogen-bond donors (Lipinski definition) is 2. The standard InChI is InChI=1S/C15H19NO6S/c1-9-3-4-11(15(18)19)7-13(9)22-10(2)14(17)16-12-5-6-23(20,21)8-12/h3-4,7,10,12H,5-6,8H2,1-2H3,(H,16,17)(H,18,19). The molecule has 0 aliphatic carbocycles. The summed E-state index contributed by atoms with van der Waals surface area (Å²) in [5.41, 5.74) is 0.776. The highest BCUT2D eigenvalue weighted by atomic mass is 32.2. The number of carbonyl (C=O) groups is 2. The van der Waals surface area contributed by atoms with Crippen LogP contribution in [-0.2, 0) is 14.6 Å². The van der Waals surface area contributed by atoms with Crippen molar-refractivity contribution in [1.29, 1.82) is 0 Å². The number of hydrogen-bond acceptors (Lipinski definition) is 5. The molecular weight excluding hydrogens is 322 g/mol. The van der Waals surface area contributed by atoms with Gasteiger partial charge < -0.3 is 15.2 Å². The third kappa shape index (κ3) is 4.44. The van der Waals surface area contributed by atoms with Crippen molar-refractivity contribution < 1.29 is 27.9 Å². The maximum Gasteiger partial charge on any atom is 0.335 e. The molecule has 0 aromatic heterocycles. The lowest BCUT2D eigenvalue weighted by Gasteiger charge is -2.18. The Morgan fingerprint density at radius 3 is 2.65 bits per heavy atom.